The highest BCUT2D eigenvalue weighted by atomic mass is 15.3. The summed E-state index contributed by atoms with van der Waals surface area (Å²) in [5, 5.41) is 7.98. The average molecular weight is 298 g/mol. The minimum absolute atomic E-state index is 0.710. The van der Waals surface area contributed by atoms with Crippen LogP contribution in [0, 0.1) is 0 Å². The number of nitrogens with zero attached hydrogens (tertiary/aromatic N) is 3. The van der Waals surface area contributed by atoms with Crippen molar-refractivity contribution >= 4 is 0 Å². The lowest BCUT2D eigenvalue weighted by atomic mass is 10.0. The zero-order valence-electron chi connectivity index (χ0n) is 13.4. The number of hydrogen-bond donors (Lipinski definition) is 1. The quantitative estimate of drug-likeness (QED) is 0.890. The van der Waals surface area contributed by atoms with E-state index in [-0.39, 0.29) is 0 Å². The molecule has 2 aromatic rings. The van der Waals surface area contributed by atoms with Gasteiger partial charge in [-0.1, -0.05) is 25.1 Å². The first-order valence-electron chi connectivity index (χ1n) is 8.40. The molecule has 1 N–H and O–H groups in total. The van der Waals surface area contributed by atoms with Gasteiger partial charge in [-0.2, -0.15) is 5.10 Å². The topological polar surface area (TPSA) is 33.1 Å². The third kappa shape index (κ3) is 3.76. The molecule has 1 aromatic carbocycles. The summed E-state index contributed by atoms with van der Waals surface area (Å²) in [6.07, 6.45) is 7.90. The highest BCUT2D eigenvalue weighted by Crippen LogP contribution is 2.17. The molecule has 0 amide bonds. The van der Waals surface area contributed by atoms with Crippen molar-refractivity contribution < 1.29 is 0 Å². The van der Waals surface area contributed by atoms with Crippen LogP contribution in [-0.2, 0) is 6.54 Å². The van der Waals surface area contributed by atoms with Gasteiger partial charge in [-0.25, -0.2) is 4.68 Å². The van der Waals surface area contributed by atoms with E-state index in [1.807, 2.05) is 16.9 Å². The predicted molar refractivity (Wildman–Crippen MR) is 90.2 cm³/mol. The Bertz CT molecular complexity index is 557. The molecule has 118 valence electrons. The lowest BCUT2D eigenvalue weighted by Crippen LogP contribution is -2.43. The summed E-state index contributed by atoms with van der Waals surface area (Å²) in [6.45, 7) is 6.73. The second kappa shape index (κ2) is 7.56. The number of para-hydroxylation sites is 1. The second-order valence-electron chi connectivity index (χ2n) is 6.08. The number of benzene rings is 1. The molecule has 2 heterocycles. The van der Waals surface area contributed by atoms with Gasteiger partial charge in [0.15, 0.2) is 0 Å². The third-order valence-corrected chi connectivity index (χ3v) is 4.38. The summed E-state index contributed by atoms with van der Waals surface area (Å²) in [6, 6.07) is 11.0. The van der Waals surface area contributed by atoms with Crippen molar-refractivity contribution in [1.29, 1.82) is 0 Å². The molecule has 0 radical (unpaired) electrons. The molecule has 0 aliphatic carbocycles. The van der Waals surface area contributed by atoms with Gasteiger partial charge in [-0.3, -0.25) is 4.90 Å². The summed E-state index contributed by atoms with van der Waals surface area (Å²) >= 11 is 0. The molecule has 4 heteroatoms. The summed E-state index contributed by atoms with van der Waals surface area (Å²) in [7, 11) is 0. The van der Waals surface area contributed by atoms with Gasteiger partial charge < -0.3 is 5.32 Å². The Morgan fingerprint density at radius 2 is 2.00 bits per heavy atom. The number of nitrogens with one attached hydrogen (secondary N) is 1. The van der Waals surface area contributed by atoms with Crippen molar-refractivity contribution in [2.24, 2.45) is 0 Å². The van der Waals surface area contributed by atoms with Gasteiger partial charge in [-0.05, 0) is 51.0 Å². The first-order valence-corrected chi connectivity index (χ1v) is 8.40. The van der Waals surface area contributed by atoms with Crippen molar-refractivity contribution in [1.82, 2.24) is 20.0 Å². The molecule has 1 saturated heterocycles. The van der Waals surface area contributed by atoms with Crippen LogP contribution in [0.1, 0.15) is 31.7 Å². The fourth-order valence-corrected chi connectivity index (χ4v) is 3.25. The maximum absolute atomic E-state index is 4.52. The van der Waals surface area contributed by atoms with Gasteiger partial charge in [-0.15, -0.1) is 0 Å². The van der Waals surface area contributed by atoms with Crippen molar-refractivity contribution in [2.75, 3.05) is 19.6 Å². The first-order chi connectivity index (χ1) is 10.9. The van der Waals surface area contributed by atoms with Crippen molar-refractivity contribution in [2.45, 2.75) is 38.8 Å². The van der Waals surface area contributed by atoms with E-state index in [1.54, 1.807) is 0 Å². The average Bonchev–Trinajstić information content (AvgIpc) is 3.05. The summed E-state index contributed by atoms with van der Waals surface area (Å²) < 4.78 is 1.97. The molecule has 0 atom stereocenters. The molecule has 1 aliphatic rings. The standard InChI is InChI=1S/C18H26N4/c1-2-12-21(17-8-10-19-11-9-17)14-16-13-20-22(15-16)18-6-4-3-5-7-18/h3-7,13,15,17,19H,2,8-12,14H2,1H3. The van der Waals surface area contributed by atoms with Crippen LogP contribution < -0.4 is 5.32 Å². The van der Waals surface area contributed by atoms with Crippen LogP contribution in [0.3, 0.4) is 0 Å². The van der Waals surface area contributed by atoms with Crippen LogP contribution in [0.2, 0.25) is 0 Å². The van der Waals surface area contributed by atoms with E-state index in [0.717, 1.165) is 25.3 Å². The Balaban J connectivity index is 1.69. The fraction of sp³-hybridized carbons (Fsp3) is 0.500. The van der Waals surface area contributed by atoms with Gasteiger partial charge in [0.25, 0.3) is 0 Å². The summed E-state index contributed by atoms with van der Waals surface area (Å²) in [5.41, 5.74) is 2.42. The number of hydrogen-bond acceptors (Lipinski definition) is 3. The largest absolute Gasteiger partial charge is 0.317 e. The lowest BCUT2D eigenvalue weighted by Gasteiger charge is -2.34. The summed E-state index contributed by atoms with van der Waals surface area (Å²) in [5.74, 6) is 0. The Kier molecular flexibility index (Phi) is 5.24. The Morgan fingerprint density at radius 3 is 2.73 bits per heavy atom. The predicted octanol–water partition coefficient (Wildman–Crippen LogP) is 2.84. The maximum Gasteiger partial charge on any atom is 0.0645 e. The second-order valence-corrected chi connectivity index (χ2v) is 6.08. The van der Waals surface area contributed by atoms with Gasteiger partial charge in [0, 0.05) is 24.3 Å². The fourth-order valence-electron chi connectivity index (χ4n) is 3.25. The molecule has 0 spiro atoms. The lowest BCUT2D eigenvalue weighted by molar-refractivity contribution is 0.154. The number of piperidine rings is 1. The molecule has 3 rings (SSSR count). The highest BCUT2D eigenvalue weighted by Gasteiger charge is 2.20. The van der Waals surface area contributed by atoms with Gasteiger partial charge in [0.05, 0.1) is 11.9 Å². The van der Waals surface area contributed by atoms with Crippen molar-refractivity contribution in [3.05, 3.63) is 48.3 Å². The van der Waals surface area contributed by atoms with E-state index in [0.29, 0.717) is 6.04 Å². The van der Waals surface area contributed by atoms with Crippen LogP contribution in [-0.4, -0.2) is 40.4 Å². The SMILES string of the molecule is CCCN(Cc1cnn(-c2ccccc2)c1)C1CCNCC1. The van der Waals surface area contributed by atoms with E-state index >= 15 is 0 Å². The van der Waals surface area contributed by atoms with Crippen LogP contribution in [0.25, 0.3) is 5.69 Å². The maximum atomic E-state index is 4.52. The molecule has 1 fully saturated rings. The number of rotatable bonds is 6. The van der Waals surface area contributed by atoms with Crippen LogP contribution in [0.15, 0.2) is 42.7 Å². The smallest absolute Gasteiger partial charge is 0.0645 e. The minimum atomic E-state index is 0.710. The monoisotopic (exact) mass is 298 g/mol. The van der Waals surface area contributed by atoms with Crippen molar-refractivity contribution in [3.8, 4) is 5.69 Å². The molecular weight excluding hydrogens is 272 g/mol. The van der Waals surface area contributed by atoms with E-state index in [4.69, 9.17) is 0 Å². The van der Waals surface area contributed by atoms with Crippen LogP contribution in [0.5, 0.6) is 0 Å². The molecule has 4 nitrogen and oxygen atoms in total. The molecule has 0 bridgehead atoms. The van der Waals surface area contributed by atoms with Gasteiger partial charge in [0.2, 0.25) is 0 Å². The zero-order chi connectivity index (χ0) is 15.2. The normalized spacial score (nSPS) is 16.3. The Labute approximate surface area is 133 Å². The molecule has 1 aliphatic heterocycles. The van der Waals surface area contributed by atoms with E-state index in [2.05, 4.69) is 52.7 Å². The van der Waals surface area contributed by atoms with E-state index in [9.17, 15) is 0 Å². The van der Waals surface area contributed by atoms with Crippen molar-refractivity contribution in [3.63, 3.8) is 0 Å². The zero-order valence-corrected chi connectivity index (χ0v) is 13.4. The minimum Gasteiger partial charge on any atom is -0.317 e. The van der Waals surface area contributed by atoms with E-state index < -0.39 is 0 Å². The van der Waals surface area contributed by atoms with E-state index in [1.165, 1.54) is 31.4 Å². The molecule has 22 heavy (non-hydrogen) atoms. The van der Waals surface area contributed by atoms with Crippen LogP contribution in [0.4, 0.5) is 0 Å². The third-order valence-electron chi connectivity index (χ3n) is 4.38. The van der Waals surface area contributed by atoms with Crippen LogP contribution >= 0.6 is 0 Å². The first kappa shape index (κ1) is 15.3. The Morgan fingerprint density at radius 1 is 1.23 bits per heavy atom. The molecular formula is C18H26N4. The molecule has 1 aromatic heterocycles. The molecule has 0 saturated carbocycles. The Hall–Kier alpha value is -1.65. The summed E-state index contributed by atoms with van der Waals surface area (Å²) in [4.78, 5) is 2.63. The van der Waals surface area contributed by atoms with Gasteiger partial charge >= 0.3 is 0 Å². The van der Waals surface area contributed by atoms with Gasteiger partial charge in [0.1, 0.15) is 0 Å². The number of aromatic nitrogens is 2. The molecule has 0 unspecified atom stereocenters. The highest BCUT2D eigenvalue weighted by molar-refractivity contribution is 5.30.